The highest BCUT2D eigenvalue weighted by Gasteiger charge is 1.98. The Kier molecular flexibility index (Phi) is 8.58. The van der Waals surface area contributed by atoms with Gasteiger partial charge in [0.15, 0.2) is 0 Å². The molecule has 2 aromatic rings. The molecular formula is C20H26N4S2. The first-order valence-corrected chi connectivity index (χ1v) is 10.8. The van der Waals surface area contributed by atoms with Crippen LogP contribution in [0, 0.1) is 0 Å². The lowest BCUT2D eigenvalue weighted by atomic mass is 10.2. The number of rotatable bonds is 9. The van der Waals surface area contributed by atoms with Crippen molar-refractivity contribution < 1.29 is 0 Å². The van der Waals surface area contributed by atoms with Crippen LogP contribution < -0.4 is 0 Å². The summed E-state index contributed by atoms with van der Waals surface area (Å²) in [4.78, 5) is 2.52. The zero-order chi connectivity index (χ0) is 18.8. The van der Waals surface area contributed by atoms with Crippen molar-refractivity contribution >= 4 is 36.0 Å². The highest BCUT2D eigenvalue weighted by molar-refractivity contribution is 7.98. The molecule has 138 valence electrons. The molecule has 2 aromatic carbocycles. The maximum absolute atomic E-state index is 4.48. The van der Waals surface area contributed by atoms with E-state index in [0.717, 1.165) is 24.2 Å². The maximum Gasteiger partial charge on any atom is 0.0549 e. The summed E-state index contributed by atoms with van der Waals surface area (Å²) in [7, 11) is 3.96. The average Bonchev–Trinajstić information content (AvgIpc) is 2.69. The predicted octanol–water partition coefficient (Wildman–Crippen LogP) is 4.36. The van der Waals surface area contributed by atoms with Crippen molar-refractivity contribution in [1.29, 1.82) is 0 Å². The average molecular weight is 387 g/mol. The van der Waals surface area contributed by atoms with Gasteiger partial charge in [0.25, 0.3) is 0 Å². The summed E-state index contributed by atoms with van der Waals surface area (Å²) in [5.41, 5.74) is 2.21. The largest absolute Gasteiger partial charge is 0.298 e. The van der Waals surface area contributed by atoms with E-state index in [9.17, 15) is 0 Å². The Balaban J connectivity index is 1.77. The molecule has 0 radical (unpaired) electrons. The van der Waals surface area contributed by atoms with Gasteiger partial charge in [-0.25, -0.2) is 0 Å². The molecule has 0 spiro atoms. The Morgan fingerprint density at radius 2 is 1.04 bits per heavy atom. The number of hydrazone groups is 2. The van der Waals surface area contributed by atoms with Gasteiger partial charge in [-0.1, -0.05) is 24.3 Å². The van der Waals surface area contributed by atoms with Crippen molar-refractivity contribution in [3.63, 3.8) is 0 Å². The van der Waals surface area contributed by atoms with Crippen LogP contribution in [0.5, 0.6) is 0 Å². The highest BCUT2D eigenvalue weighted by atomic mass is 32.2. The summed E-state index contributed by atoms with van der Waals surface area (Å²) in [5.74, 6) is 0. The van der Waals surface area contributed by atoms with Crippen LogP contribution in [0.2, 0.25) is 0 Å². The Hall–Kier alpha value is -1.92. The molecule has 0 atom stereocenters. The molecule has 0 bridgehead atoms. The molecule has 6 heteroatoms. The van der Waals surface area contributed by atoms with Gasteiger partial charge >= 0.3 is 0 Å². The predicted molar refractivity (Wildman–Crippen MR) is 117 cm³/mol. The van der Waals surface area contributed by atoms with Gasteiger partial charge in [0.05, 0.1) is 25.5 Å². The quantitative estimate of drug-likeness (QED) is 0.364. The molecule has 0 fully saturated rings. The first-order chi connectivity index (χ1) is 12.6. The molecule has 0 unspecified atom stereocenters. The Labute approximate surface area is 165 Å². The zero-order valence-electron chi connectivity index (χ0n) is 15.8. The van der Waals surface area contributed by atoms with E-state index in [1.807, 2.05) is 36.5 Å². The van der Waals surface area contributed by atoms with Crippen LogP contribution in [0.1, 0.15) is 11.1 Å². The minimum absolute atomic E-state index is 0.804. The summed E-state index contributed by atoms with van der Waals surface area (Å²) in [6.45, 7) is 1.61. The molecule has 0 aliphatic carbocycles. The SMILES string of the molecule is CSc1ccc(/C=N/N(C)CCN(C)/N=C/c2ccc(SC)cc2)cc1. The van der Waals surface area contributed by atoms with Crippen molar-refractivity contribution in [1.82, 2.24) is 10.0 Å². The lowest BCUT2D eigenvalue weighted by Gasteiger charge is -2.17. The van der Waals surface area contributed by atoms with E-state index in [2.05, 4.69) is 71.2 Å². The number of hydrogen-bond donors (Lipinski definition) is 0. The van der Waals surface area contributed by atoms with E-state index >= 15 is 0 Å². The molecule has 0 aromatic heterocycles. The molecule has 2 rings (SSSR count). The lowest BCUT2D eigenvalue weighted by molar-refractivity contribution is 0.272. The number of likely N-dealkylation sites (N-methyl/N-ethyl adjacent to an activating group) is 2. The monoisotopic (exact) mass is 386 g/mol. The summed E-state index contributed by atoms with van der Waals surface area (Å²) in [6, 6.07) is 16.8. The number of thioether (sulfide) groups is 2. The fourth-order valence-corrected chi connectivity index (χ4v) is 2.93. The fraction of sp³-hybridized carbons (Fsp3) is 0.300. The molecular weight excluding hydrogens is 360 g/mol. The third-order valence-corrected chi connectivity index (χ3v) is 5.27. The van der Waals surface area contributed by atoms with E-state index in [0.29, 0.717) is 0 Å². The van der Waals surface area contributed by atoms with Crippen LogP contribution in [-0.2, 0) is 0 Å². The van der Waals surface area contributed by atoms with Crippen molar-refractivity contribution in [3.8, 4) is 0 Å². The molecule has 0 saturated heterocycles. The molecule has 0 aliphatic heterocycles. The summed E-state index contributed by atoms with van der Waals surface area (Å²) >= 11 is 3.49. The number of hydrogen-bond acceptors (Lipinski definition) is 6. The van der Waals surface area contributed by atoms with Crippen molar-refractivity contribution in [2.24, 2.45) is 10.2 Å². The van der Waals surface area contributed by atoms with Crippen LogP contribution in [0.15, 0.2) is 68.5 Å². The van der Waals surface area contributed by atoms with Gasteiger partial charge in [0, 0.05) is 23.9 Å². The standard InChI is InChI=1S/C20H26N4S2/c1-23(21-15-17-5-9-19(25-3)10-6-17)13-14-24(2)22-16-18-7-11-20(26-4)12-8-18/h5-12,15-16H,13-14H2,1-4H3/b21-15+,22-16+. The van der Waals surface area contributed by atoms with Crippen LogP contribution >= 0.6 is 23.5 Å². The number of nitrogens with zero attached hydrogens (tertiary/aromatic N) is 4. The van der Waals surface area contributed by atoms with Gasteiger partial charge < -0.3 is 0 Å². The van der Waals surface area contributed by atoms with E-state index in [1.54, 1.807) is 23.5 Å². The molecule has 4 nitrogen and oxygen atoms in total. The van der Waals surface area contributed by atoms with Crippen molar-refractivity contribution in [2.45, 2.75) is 9.79 Å². The lowest BCUT2D eigenvalue weighted by Crippen LogP contribution is -2.25. The second-order valence-corrected chi connectivity index (χ2v) is 7.56. The molecule has 0 saturated carbocycles. The molecule has 0 aliphatic rings. The zero-order valence-corrected chi connectivity index (χ0v) is 17.4. The van der Waals surface area contributed by atoms with Gasteiger partial charge in [-0.3, -0.25) is 10.0 Å². The molecule has 0 N–H and O–H groups in total. The third kappa shape index (κ3) is 7.14. The Bertz CT molecular complexity index is 648. The van der Waals surface area contributed by atoms with Crippen LogP contribution in [0.3, 0.4) is 0 Å². The van der Waals surface area contributed by atoms with Crippen LogP contribution in [0.4, 0.5) is 0 Å². The third-order valence-electron chi connectivity index (χ3n) is 3.79. The molecule has 26 heavy (non-hydrogen) atoms. The first kappa shape index (κ1) is 20.4. The maximum atomic E-state index is 4.48. The van der Waals surface area contributed by atoms with Crippen LogP contribution in [-0.4, -0.2) is 62.1 Å². The summed E-state index contributed by atoms with van der Waals surface area (Å²) in [6.07, 6.45) is 7.94. The first-order valence-electron chi connectivity index (χ1n) is 8.39. The smallest absolute Gasteiger partial charge is 0.0549 e. The van der Waals surface area contributed by atoms with E-state index in [-0.39, 0.29) is 0 Å². The Morgan fingerprint density at radius 3 is 1.35 bits per heavy atom. The van der Waals surface area contributed by atoms with E-state index in [4.69, 9.17) is 0 Å². The van der Waals surface area contributed by atoms with Gasteiger partial charge in [0.1, 0.15) is 0 Å². The Morgan fingerprint density at radius 1 is 0.692 bits per heavy atom. The van der Waals surface area contributed by atoms with Crippen LogP contribution in [0.25, 0.3) is 0 Å². The molecule has 0 amide bonds. The van der Waals surface area contributed by atoms with Gasteiger partial charge in [-0.15, -0.1) is 23.5 Å². The second kappa shape index (κ2) is 10.9. The minimum atomic E-state index is 0.804. The molecule has 0 heterocycles. The van der Waals surface area contributed by atoms with Gasteiger partial charge in [-0.2, -0.15) is 10.2 Å². The van der Waals surface area contributed by atoms with Crippen molar-refractivity contribution in [2.75, 3.05) is 39.7 Å². The highest BCUT2D eigenvalue weighted by Crippen LogP contribution is 2.14. The van der Waals surface area contributed by atoms with E-state index < -0.39 is 0 Å². The normalized spacial score (nSPS) is 11.4. The minimum Gasteiger partial charge on any atom is -0.298 e. The summed E-state index contributed by atoms with van der Waals surface area (Å²) < 4.78 is 0. The van der Waals surface area contributed by atoms with Crippen molar-refractivity contribution in [3.05, 3.63) is 59.7 Å². The summed E-state index contributed by atoms with van der Waals surface area (Å²) in [5, 5.41) is 12.8. The topological polar surface area (TPSA) is 31.2 Å². The fourth-order valence-electron chi connectivity index (χ4n) is 2.12. The van der Waals surface area contributed by atoms with E-state index in [1.165, 1.54) is 9.79 Å². The second-order valence-electron chi connectivity index (χ2n) is 5.80. The van der Waals surface area contributed by atoms with Gasteiger partial charge in [-0.05, 0) is 47.9 Å². The van der Waals surface area contributed by atoms with Gasteiger partial charge in [0.2, 0.25) is 0 Å². The number of benzene rings is 2.